The van der Waals surface area contributed by atoms with Crippen molar-refractivity contribution in [3.63, 3.8) is 0 Å². The number of para-hydroxylation sites is 1. The normalized spacial score (nSPS) is 11.1. The van der Waals surface area contributed by atoms with Gasteiger partial charge in [0.1, 0.15) is 0 Å². The predicted octanol–water partition coefficient (Wildman–Crippen LogP) is 4.98. The average Bonchev–Trinajstić information content (AvgIpc) is 3.30. The van der Waals surface area contributed by atoms with E-state index in [4.69, 9.17) is 4.98 Å². The number of nitrogens with zero attached hydrogens (tertiary/aromatic N) is 4. The van der Waals surface area contributed by atoms with E-state index in [1.165, 1.54) is 11.3 Å². The molecule has 2 aromatic carbocycles. The summed E-state index contributed by atoms with van der Waals surface area (Å²) >= 11 is 1.54. The lowest BCUT2D eigenvalue weighted by Crippen LogP contribution is -2.30. The summed E-state index contributed by atoms with van der Waals surface area (Å²) in [6.45, 7) is 7.22. The molecule has 0 aliphatic rings. The maximum absolute atomic E-state index is 13.4. The standard InChI is InChI=1S/C22H22N4OS/c1-4-26-16(3)13-18(24-26)21(27)25(14-17-10-6-5-7-11-17)22-23-20-15(2)9-8-12-19(20)28-22/h5-13H,4,14H2,1-3H3. The van der Waals surface area contributed by atoms with E-state index in [-0.39, 0.29) is 5.91 Å². The fraction of sp³-hybridized carbons (Fsp3) is 0.227. The summed E-state index contributed by atoms with van der Waals surface area (Å²) in [6.07, 6.45) is 0. The Hall–Kier alpha value is -2.99. The summed E-state index contributed by atoms with van der Waals surface area (Å²) in [5.41, 5.74) is 4.54. The van der Waals surface area contributed by atoms with E-state index in [1.807, 2.05) is 80.1 Å². The van der Waals surface area contributed by atoms with Crippen LogP contribution in [0.15, 0.2) is 54.6 Å². The van der Waals surface area contributed by atoms with Crippen LogP contribution in [-0.2, 0) is 13.1 Å². The highest BCUT2D eigenvalue weighted by Crippen LogP contribution is 2.32. The van der Waals surface area contributed by atoms with Gasteiger partial charge in [-0.25, -0.2) is 4.98 Å². The summed E-state index contributed by atoms with van der Waals surface area (Å²) in [5, 5.41) is 5.19. The Morgan fingerprint density at radius 1 is 1.11 bits per heavy atom. The van der Waals surface area contributed by atoms with Crippen LogP contribution in [0.4, 0.5) is 5.13 Å². The molecular weight excluding hydrogens is 368 g/mol. The van der Waals surface area contributed by atoms with Crippen LogP contribution in [0.3, 0.4) is 0 Å². The minimum Gasteiger partial charge on any atom is -0.278 e. The molecule has 0 N–H and O–H groups in total. The van der Waals surface area contributed by atoms with Gasteiger partial charge in [0.2, 0.25) is 0 Å². The Balaban J connectivity index is 1.78. The number of thiazole rings is 1. The minimum absolute atomic E-state index is 0.129. The zero-order valence-electron chi connectivity index (χ0n) is 16.2. The molecule has 0 saturated carbocycles. The third-order valence-corrected chi connectivity index (χ3v) is 5.81. The highest BCUT2D eigenvalue weighted by molar-refractivity contribution is 7.22. The molecule has 0 fully saturated rings. The third kappa shape index (κ3) is 3.43. The fourth-order valence-electron chi connectivity index (χ4n) is 3.26. The fourth-order valence-corrected chi connectivity index (χ4v) is 4.30. The van der Waals surface area contributed by atoms with E-state index in [2.05, 4.69) is 5.10 Å². The second kappa shape index (κ2) is 7.56. The second-order valence-electron chi connectivity index (χ2n) is 6.78. The predicted molar refractivity (Wildman–Crippen MR) is 114 cm³/mol. The summed E-state index contributed by atoms with van der Waals surface area (Å²) in [7, 11) is 0. The number of hydrogen-bond donors (Lipinski definition) is 0. The Labute approximate surface area is 168 Å². The molecule has 0 spiro atoms. The Morgan fingerprint density at radius 2 is 1.89 bits per heavy atom. The Kier molecular flexibility index (Phi) is 4.96. The lowest BCUT2D eigenvalue weighted by atomic mass is 10.2. The average molecular weight is 391 g/mol. The monoisotopic (exact) mass is 390 g/mol. The van der Waals surface area contributed by atoms with Crippen molar-refractivity contribution in [3.05, 3.63) is 77.1 Å². The summed E-state index contributed by atoms with van der Waals surface area (Å²) < 4.78 is 2.92. The molecule has 28 heavy (non-hydrogen) atoms. The maximum atomic E-state index is 13.4. The molecule has 0 aliphatic heterocycles. The number of anilines is 1. The number of carbonyl (C=O) groups excluding carboxylic acids is 1. The van der Waals surface area contributed by atoms with Gasteiger partial charge in [-0.05, 0) is 44.0 Å². The zero-order valence-corrected chi connectivity index (χ0v) is 17.0. The van der Waals surface area contributed by atoms with Crippen LogP contribution in [0.5, 0.6) is 0 Å². The quantitative estimate of drug-likeness (QED) is 0.483. The van der Waals surface area contributed by atoms with Gasteiger partial charge in [-0.3, -0.25) is 14.4 Å². The van der Waals surface area contributed by atoms with Gasteiger partial charge in [0.05, 0.1) is 16.8 Å². The van der Waals surface area contributed by atoms with Gasteiger partial charge >= 0.3 is 0 Å². The molecule has 4 rings (SSSR count). The van der Waals surface area contributed by atoms with E-state index in [9.17, 15) is 4.79 Å². The summed E-state index contributed by atoms with van der Waals surface area (Å²) in [4.78, 5) is 19.9. The molecule has 2 aromatic heterocycles. The molecule has 0 saturated heterocycles. The van der Waals surface area contributed by atoms with E-state index in [0.717, 1.165) is 33.6 Å². The molecule has 6 heteroatoms. The van der Waals surface area contributed by atoms with Crippen LogP contribution in [0.1, 0.15) is 34.2 Å². The van der Waals surface area contributed by atoms with E-state index in [1.54, 1.807) is 4.90 Å². The zero-order chi connectivity index (χ0) is 19.7. The van der Waals surface area contributed by atoms with Gasteiger partial charge in [-0.1, -0.05) is 53.8 Å². The van der Waals surface area contributed by atoms with Crippen LogP contribution in [0.25, 0.3) is 10.2 Å². The van der Waals surface area contributed by atoms with Crippen molar-refractivity contribution in [2.24, 2.45) is 0 Å². The van der Waals surface area contributed by atoms with Gasteiger partial charge < -0.3 is 0 Å². The van der Waals surface area contributed by atoms with Crippen molar-refractivity contribution in [3.8, 4) is 0 Å². The van der Waals surface area contributed by atoms with E-state index < -0.39 is 0 Å². The van der Waals surface area contributed by atoms with Gasteiger partial charge in [0, 0.05) is 12.2 Å². The molecule has 2 heterocycles. The van der Waals surface area contributed by atoms with Crippen LogP contribution in [0, 0.1) is 13.8 Å². The molecule has 0 aliphatic carbocycles. The SMILES string of the molecule is CCn1nc(C(=O)N(Cc2ccccc2)c2nc3c(C)cccc3s2)cc1C. The lowest BCUT2D eigenvalue weighted by molar-refractivity contribution is 0.0979. The van der Waals surface area contributed by atoms with Gasteiger partial charge in [0.25, 0.3) is 5.91 Å². The van der Waals surface area contributed by atoms with Crippen LogP contribution >= 0.6 is 11.3 Å². The first-order chi connectivity index (χ1) is 13.6. The van der Waals surface area contributed by atoms with Crippen molar-refractivity contribution in [2.45, 2.75) is 33.9 Å². The van der Waals surface area contributed by atoms with Crippen molar-refractivity contribution in [2.75, 3.05) is 4.90 Å². The van der Waals surface area contributed by atoms with Gasteiger partial charge in [-0.15, -0.1) is 0 Å². The van der Waals surface area contributed by atoms with E-state index >= 15 is 0 Å². The van der Waals surface area contributed by atoms with Crippen molar-refractivity contribution in [1.29, 1.82) is 0 Å². The minimum atomic E-state index is -0.129. The second-order valence-corrected chi connectivity index (χ2v) is 7.79. The molecule has 0 atom stereocenters. The number of aromatic nitrogens is 3. The van der Waals surface area contributed by atoms with E-state index in [0.29, 0.717) is 17.4 Å². The topological polar surface area (TPSA) is 51.0 Å². The number of hydrogen-bond acceptors (Lipinski definition) is 4. The summed E-state index contributed by atoms with van der Waals surface area (Å²) in [5.74, 6) is -0.129. The summed E-state index contributed by atoms with van der Waals surface area (Å²) in [6, 6.07) is 17.9. The number of rotatable bonds is 5. The van der Waals surface area contributed by atoms with Gasteiger partial charge in [0.15, 0.2) is 10.8 Å². The van der Waals surface area contributed by atoms with Crippen molar-refractivity contribution in [1.82, 2.24) is 14.8 Å². The van der Waals surface area contributed by atoms with Crippen molar-refractivity contribution < 1.29 is 4.79 Å². The first-order valence-electron chi connectivity index (χ1n) is 9.33. The molecule has 0 unspecified atom stereocenters. The third-order valence-electron chi connectivity index (χ3n) is 4.77. The number of benzene rings is 2. The molecule has 142 valence electrons. The van der Waals surface area contributed by atoms with Crippen LogP contribution in [-0.4, -0.2) is 20.7 Å². The molecule has 0 radical (unpaired) electrons. The molecule has 4 aromatic rings. The first kappa shape index (κ1) is 18.4. The molecule has 0 bridgehead atoms. The van der Waals surface area contributed by atoms with Crippen molar-refractivity contribution >= 4 is 32.6 Å². The maximum Gasteiger partial charge on any atom is 0.280 e. The smallest absolute Gasteiger partial charge is 0.278 e. The molecular formula is C22H22N4OS. The molecule has 5 nitrogen and oxygen atoms in total. The number of aryl methyl sites for hydroxylation is 3. The lowest BCUT2D eigenvalue weighted by Gasteiger charge is -2.19. The number of fused-ring (bicyclic) bond motifs is 1. The number of amides is 1. The first-order valence-corrected chi connectivity index (χ1v) is 10.1. The molecule has 1 amide bonds. The Morgan fingerprint density at radius 3 is 2.57 bits per heavy atom. The van der Waals surface area contributed by atoms with Crippen LogP contribution in [0.2, 0.25) is 0 Å². The van der Waals surface area contributed by atoms with Crippen LogP contribution < -0.4 is 4.90 Å². The highest BCUT2D eigenvalue weighted by Gasteiger charge is 2.24. The number of carbonyl (C=O) groups is 1. The van der Waals surface area contributed by atoms with Gasteiger partial charge in [-0.2, -0.15) is 5.10 Å². The largest absolute Gasteiger partial charge is 0.280 e. The Bertz CT molecular complexity index is 1130. The highest BCUT2D eigenvalue weighted by atomic mass is 32.1.